The van der Waals surface area contributed by atoms with E-state index in [4.69, 9.17) is 20.0 Å². The number of carbonyl (C=O) groups is 1. The van der Waals surface area contributed by atoms with Crippen LogP contribution < -0.4 is 25.4 Å². The van der Waals surface area contributed by atoms with Crippen molar-refractivity contribution in [2.75, 3.05) is 37.1 Å². The van der Waals surface area contributed by atoms with Gasteiger partial charge in [0.15, 0.2) is 22.1 Å². The van der Waals surface area contributed by atoms with E-state index in [0.29, 0.717) is 43.5 Å². The average molecular weight is 443 g/mol. The molecule has 5 rings (SSSR count). The smallest absolute Gasteiger partial charge is 0.426 e. The maximum absolute atomic E-state index is 12.3. The van der Waals surface area contributed by atoms with E-state index in [9.17, 15) is 4.79 Å². The van der Waals surface area contributed by atoms with Crippen molar-refractivity contribution in [3.05, 3.63) is 29.3 Å². The van der Waals surface area contributed by atoms with Gasteiger partial charge in [0.05, 0.1) is 18.6 Å². The molecule has 11 nitrogen and oxygen atoms in total. The molecule has 3 aromatic rings. The maximum atomic E-state index is 12.3. The number of amides is 1. The minimum absolute atomic E-state index is 0.0367. The third-order valence-corrected chi connectivity index (χ3v) is 5.86. The van der Waals surface area contributed by atoms with E-state index in [1.54, 1.807) is 10.6 Å². The lowest BCUT2D eigenvalue weighted by Crippen LogP contribution is -2.53. The number of hydroxylamine groups is 2. The fraction of sp³-hybridized carbons (Fsp3) is 0.368. The molecule has 1 saturated heterocycles. The summed E-state index contributed by atoms with van der Waals surface area (Å²) >= 11 is 1.43. The van der Waals surface area contributed by atoms with Crippen LogP contribution in [-0.2, 0) is 11.4 Å². The summed E-state index contributed by atoms with van der Waals surface area (Å²) in [7, 11) is 0. The van der Waals surface area contributed by atoms with Crippen molar-refractivity contribution < 1.29 is 19.1 Å². The maximum Gasteiger partial charge on any atom is 0.426 e. The molecule has 1 aromatic carbocycles. The van der Waals surface area contributed by atoms with Crippen molar-refractivity contribution in [2.24, 2.45) is 0 Å². The molecule has 31 heavy (non-hydrogen) atoms. The Morgan fingerprint density at radius 1 is 1.32 bits per heavy atom. The van der Waals surface area contributed by atoms with E-state index in [1.165, 1.54) is 11.3 Å². The minimum Gasteiger partial charge on any atom is -0.454 e. The highest BCUT2D eigenvalue weighted by molar-refractivity contribution is 7.16. The highest BCUT2D eigenvalue weighted by atomic mass is 32.1. The predicted octanol–water partition coefficient (Wildman–Crippen LogP) is 1.75. The Hall–Kier alpha value is -3.38. The molecule has 1 amide bonds. The number of aromatic nitrogens is 3. The summed E-state index contributed by atoms with van der Waals surface area (Å²) in [6.45, 7) is 4.24. The topological polar surface area (TPSA) is 128 Å². The van der Waals surface area contributed by atoms with Crippen LogP contribution >= 0.6 is 11.3 Å². The number of thiazole rings is 1. The number of carbonyl (C=O) groups excluding carboxylic acids is 1. The highest BCUT2D eigenvalue weighted by Gasteiger charge is 2.29. The Bertz CT molecular complexity index is 1120. The largest absolute Gasteiger partial charge is 0.454 e. The Labute approximate surface area is 181 Å². The van der Waals surface area contributed by atoms with Crippen molar-refractivity contribution in [1.29, 1.82) is 0 Å². The number of piperazine rings is 1. The molecule has 0 unspecified atom stereocenters. The zero-order valence-electron chi connectivity index (χ0n) is 16.8. The van der Waals surface area contributed by atoms with Crippen LogP contribution in [0.4, 0.5) is 16.6 Å². The molecule has 0 aliphatic carbocycles. The number of nitrogens with zero attached hydrogens (tertiary/aromatic N) is 5. The van der Waals surface area contributed by atoms with Gasteiger partial charge in [0.1, 0.15) is 5.52 Å². The lowest BCUT2D eigenvalue weighted by molar-refractivity contribution is -0.109. The second-order valence-electron chi connectivity index (χ2n) is 7.26. The van der Waals surface area contributed by atoms with Crippen molar-refractivity contribution in [3.63, 3.8) is 0 Å². The Kier molecular flexibility index (Phi) is 5.08. The molecule has 4 heterocycles. The molecule has 2 aliphatic heterocycles. The number of rotatable bonds is 4. The molecule has 1 atom stereocenters. The van der Waals surface area contributed by atoms with Crippen LogP contribution in [0.2, 0.25) is 0 Å². The molecule has 162 valence electrons. The molecule has 2 aromatic heterocycles. The van der Waals surface area contributed by atoms with Crippen molar-refractivity contribution in [2.45, 2.75) is 19.5 Å². The van der Waals surface area contributed by atoms with Gasteiger partial charge in [-0.05, 0) is 24.6 Å². The molecule has 3 N–H and O–H groups in total. The van der Waals surface area contributed by atoms with Crippen LogP contribution in [0.3, 0.4) is 0 Å². The second-order valence-corrected chi connectivity index (χ2v) is 8.10. The fourth-order valence-electron chi connectivity index (χ4n) is 3.66. The first-order chi connectivity index (χ1) is 15.1. The summed E-state index contributed by atoms with van der Waals surface area (Å²) in [4.78, 5) is 33.6. The van der Waals surface area contributed by atoms with Crippen molar-refractivity contribution >= 4 is 39.5 Å². The fourth-order valence-corrected chi connectivity index (χ4v) is 4.32. The number of hydrogen-bond donors (Lipinski definition) is 2. The molecule has 2 aliphatic rings. The van der Waals surface area contributed by atoms with Gasteiger partial charge in [-0.2, -0.15) is 4.98 Å². The summed E-state index contributed by atoms with van der Waals surface area (Å²) < 4.78 is 10.6. The first-order valence-corrected chi connectivity index (χ1v) is 10.7. The van der Waals surface area contributed by atoms with E-state index in [-0.39, 0.29) is 18.8 Å². The van der Waals surface area contributed by atoms with Gasteiger partial charge in [0.2, 0.25) is 12.7 Å². The Balaban J connectivity index is 1.17. The quantitative estimate of drug-likeness (QED) is 0.615. The summed E-state index contributed by atoms with van der Waals surface area (Å²) in [6, 6.07) is 5.58. The van der Waals surface area contributed by atoms with E-state index in [2.05, 4.69) is 25.2 Å². The first-order valence-electron chi connectivity index (χ1n) is 9.79. The standard InChI is InChI=1S/C19H21N7O4S/c1-11-8-25(4-5-26(11)16-15-17(31-9-22-15)24-18(20)23-16)30-19(27)21-7-12-2-3-13-14(6-12)29-10-28-13/h2-3,6,9,11H,4-5,7-8,10H2,1H3,(H,21,27)(H2,20,23,24)/t11-/m0/s1. The van der Waals surface area contributed by atoms with Gasteiger partial charge in [-0.25, -0.2) is 14.8 Å². The predicted molar refractivity (Wildman–Crippen MR) is 114 cm³/mol. The van der Waals surface area contributed by atoms with Gasteiger partial charge in [-0.15, -0.1) is 16.4 Å². The van der Waals surface area contributed by atoms with Crippen molar-refractivity contribution in [3.8, 4) is 11.5 Å². The van der Waals surface area contributed by atoms with E-state index >= 15 is 0 Å². The molecular weight excluding hydrogens is 422 g/mol. The number of benzene rings is 1. The van der Waals surface area contributed by atoms with E-state index in [1.807, 2.05) is 25.1 Å². The molecule has 0 saturated carbocycles. The highest BCUT2D eigenvalue weighted by Crippen LogP contribution is 2.32. The van der Waals surface area contributed by atoms with Crippen LogP contribution in [0.1, 0.15) is 12.5 Å². The lowest BCUT2D eigenvalue weighted by Gasteiger charge is -2.39. The number of fused-ring (bicyclic) bond motifs is 2. The number of anilines is 2. The third kappa shape index (κ3) is 3.99. The zero-order chi connectivity index (χ0) is 21.4. The average Bonchev–Trinajstić information content (AvgIpc) is 3.40. The summed E-state index contributed by atoms with van der Waals surface area (Å²) in [5.41, 5.74) is 9.23. The van der Waals surface area contributed by atoms with Gasteiger partial charge in [-0.1, -0.05) is 6.07 Å². The van der Waals surface area contributed by atoms with Gasteiger partial charge < -0.3 is 30.3 Å². The van der Waals surface area contributed by atoms with Gasteiger partial charge in [0, 0.05) is 19.1 Å². The number of nitrogens with one attached hydrogen (secondary N) is 1. The summed E-state index contributed by atoms with van der Waals surface area (Å²) in [5.74, 6) is 2.32. The number of nitrogen functional groups attached to an aromatic ring is 1. The van der Waals surface area contributed by atoms with Gasteiger partial charge >= 0.3 is 6.09 Å². The summed E-state index contributed by atoms with van der Waals surface area (Å²) in [6.07, 6.45) is -0.508. The van der Waals surface area contributed by atoms with E-state index in [0.717, 1.165) is 15.9 Å². The van der Waals surface area contributed by atoms with Crippen LogP contribution in [0, 0.1) is 0 Å². The van der Waals surface area contributed by atoms with Crippen LogP contribution in [0.25, 0.3) is 10.3 Å². The molecule has 1 fully saturated rings. The Morgan fingerprint density at radius 2 is 2.19 bits per heavy atom. The van der Waals surface area contributed by atoms with E-state index < -0.39 is 6.09 Å². The molecule has 0 bridgehead atoms. The third-order valence-electron chi connectivity index (χ3n) is 5.15. The molecule has 0 spiro atoms. The monoisotopic (exact) mass is 443 g/mol. The first kappa shape index (κ1) is 19.6. The van der Waals surface area contributed by atoms with Crippen LogP contribution in [-0.4, -0.2) is 58.6 Å². The Morgan fingerprint density at radius 3 is 3.06 bits per heavy atom. The molecule has 12 heteroatoms. The van der Waals surface area contributed by atoms with Gasteiger partial charge in [-0.3, -0.25) is 0 Å². The molecule has 0 radical (unpaired) electrons. The SMILES string of the molecule is C[C@H]1CN(OC(=O)NCc2ccc3c(c2)OCO3)CCN1c1nc(N)nc2scnc12. The number of ether oxygens (including phenoxy) is 2. The molecular formula is C19H21N7O4S. The normalized spacial score (nSPS) is 18.4. The number of nitrogens with two attached hydrogens (primary N) is 1. The number of hydrogen-bond acceptors (Lipinski definition) is 11. The van der Waals surface area contributed by atoms with Gasteiger partial charge in [0.25, 0.3) is 0 Å². The lowest BCUT2D eigenvalue weighted by atomic mass is 10.2. The zero-order valence-corrected chi connectivity index (χ0v) is 17.6. The van der Waals surface area contributed by atoms with Crippen molar-refractivity contribution in [1.82, 2.24) is 25.3 Å². The summed E-state index contributed by atoms with van der Waals surface area (Å²) in [5, 5.41) is 4.42. The van der Waals surface area contributed by atoms with Crippen LogP contribution in [0.15, 0.2) is 23.7 Å². The van der Waals surface area contributed by atoms with Crippen LogP contribution in [0.5, 0.6) is 11.5 Å². The minimum atomic E-state index is -0.508. The second kappa shape index (κ2) is 8.04.